The van der Waals surface area contributed by atoms with Gasteiger partial charge in [-0.1, -0.05) is 13.2 Å². The van der Waals surface area contributed by atoms with E-state index in [9.17, 15) is 9.59 Å². The quantitative estimate of drug-likeness (QED) is 0.524. The van der Waals surface area contributed by atoms with Crippen molar-refractivity contribution >= 4 is 11.9 Å². The van der Waals surface area contributed by atoms with E-state index in [0.29, 0.717) is 0 Å². The molecule has 0 atom stereocenters. The summed E-state index contributed by atoms with van der Waals surface area (Å²) in [5, 5.41) is 17.0. The number of amides is 1. The third kappa shape index (κ3) is 9.56. The van der Waals surface area contributed by atoms with Crippen molar-refractivity contribution in [2.75, 3.05) is 27.3 Å². The van der Waals surface area contributed by atoms with Gasteiger partial charge in [0.25, 0.3) is 0 Å². The summed E-state index contributed by atoms with van der Waals surface area (Å²) < 4.78 is 4.57. The molecule has 1 amide bonds. The fourth-order valence-electron chi connectivity index (χ4n) is 0.567. The van der Waals surface area contributed by atoms with Crippen molar-refractivity contribution in [2.24, 2.45) is 0 Å². The summed E-state index contributed by atoms with van der Waals surface area (Å²) >= 11 is 0. The van der Waals surface area contributed by atoms with Crippen LogP contribution >= 0.6 is 0 Å². The summed E-state index contributed by atoms with van der Waals surface area (Å²) in [4.78, 5) is 22.5. The van der Waals surface area contributed by atoms with Crippen molar-refractivity contribution in [3.05, 3.63) is 24.8 Å². The third-order valence-electron chi connectivity index (χ3n) is 1.64. The Hall–Kier alpha value is -1.66. The summed E-state index contributed by atoms with van der Waals surface area (Å²) in [5.74, 6) is -0.655. The lowest BCUT2D eigenvalue weighted by atomic mass is 10.3. The van der Waals surface area contributed by atoms with Gasteiger partial charge in [0.1, 0.15) is 6.10 Å². The lowest BCUT2D eigenvalue weighted by Gasteiger charge is -2.11. The molecule has 0 radical (unpaired) electrons. The Balaban J connectivity index is 0. The van der Waals surface area contributed by atoms with Crippen LogP contribution in [0.25, 0.3) is 0 Å². The van der Waals surface area contributed by atoms with Crippen molar-refractivity contribution in [3.8, 4) is 0 Å². The topological polar surface area (TPSA) is 87.1 Å². The van der Waals surface area contributed by atoms with Gasteiger partial charge >= 0.3 is 5.97 Å². The largest absolute Gasteiger partial charge is 0.454 e. The molecule has 0 aromatic heterocycles. The van der Waals surface area contributed by atoms with Gasteiger partial charge in [-0.15, -0.1) is 0 Å². The first kappa shape index (κ1) is 18.7. The van der Waals surface area contributed by atoms with Crippen LogP contribution in [-0.4, -0.2) is 60.4 Å². The summed E-state index contributed by atoms with van der Waals surface area (Å²) in [5.41, 5.74) is 0.247. The van der Waals surface area contributed by atoms with Gasteiger partial charge in [0, 0.05) is 19.7 Å². The molecule has 18 heavy (non-hydrogen) atoms. The zero-order chi connectivity index (χ0) is 14.7. The van der Waals surface area contributed by atoms with Crippen LogP contribution in [0.15, 0.2) is 24.8 Å². The molecule has 0 rings (SSSR count). The highest BCUT2D eigenvalue weighted by Gasteiger charge is 2.11. The molecule has 0 saturated heterocycles. The van der Waals surface area contributed by atoms with Crippen molar-refractivity contribution in [3.63, 3.8) is 0 Å². The Bertz CT molecular complexity index is 295. The van der Waals surface area contributed by atoms with Crippen LogP contribution in [0.2, 0.25) is 0 Å². The Morgan fingerprint density at radius 1 is 1.33 bits per heavy atom. The first-order valence-electron chi connectivity index (χ1n) is 5.22. The SMILES string of the molecule is C=C(C)C(=O)OC(CO)CO.C=CC(=O)N(C)C. The number of hydrogen-bond donors (Lipinski definition) is 2. The van der Waals surface area contributed by atoms with Crippen LogP contribution in [0, 0.1) is 0 Å². The first-order chi connectivity index (χ1) is 8.29. The highest BCUT2D eigenvalue weighted by Crippen LogP contribution is 1.96. The highest BCUT2D eigenvalue weighted by atomic mass is 16.6. The van der Waals surface area contributed by atoms with E-state index in [-0.39, 0.29) is 24.7 Å². The normalized spacial score (nSPS) is 9.00. The standard InChI is InChI=1S/C7H12O4.C5H9NO/c1-5(2)7(10)11-6(3-8)4-9;1-4-5(7)6(2)3/h6,8-9H,1,3-4H2,2H3;4H,1H2,2-3H3. The van der Waals surface area contributed by atoms with E-state index in [1.165, 1.54) is 17.9 Å². The van der Waals surface area contributed by atoms with E-state index in [1.54, 1.807) is 14.1 Å². The van der Waals surface area contributed by atoms with E-state index in [2.05, 4.69) is 17.9 Å². The number of hydrogen-bond acceptors (Lipinski definition) is 5. The van der Waals surface area contributed by atoms with E-state index >= 15 is 0 Å². The Labute approximate surface area is 107 Å². The number of aliphatic hydroxyl groups excluding tert-OH is 2. The molecule has 6 heteroatoms. The van der Waals surface area contributed by atoms with Crippen molar-refractivity contribution in [1.29, 1.82) is 0 Å². The molecule has 0 unspecified atom stereocenters. The van der Waals surface area contributed by atoms with Gasteiger partial charge in [-0.2, -0.15) is 0 Å². The molecule has 0 fully saturated rings. The highest BCUT2D eigenvalue weighted by molar-refractivity contribution is 5.87. The zero-order valence-electron chi connectivity index (χ0n) is 11.0. The van der Waals surface area contributed by atoms with E-state index in [1.807, 2.05) is 0 Å². The smallest absolute Gasteiger partial charge is 0.333 e. The lowest BCUT2D eigenvalue weighted by molar-refractivity contribution is -0.148. The minimum absolute atomic E-state index is 0.0556. The van der Waals surface area contributed by atoms with Crippen molar-refractivity contribution in [1.82, 2.24) is 4.90 Å². The van der Waals surface area contributed by atoms with Crippen LogP contribution < -0.4 is 0 Å². The Kier molecular flexibility index (Phi) is 10.9. The van der Waals surface area contributed by atoms with Gasteiger partial charge in [0.05, 0.1) is 13.2 Å². The fraction of sp³-hybridized carbons (Fsp3) is 0.500. The molecule has 0 aromatic carbocycles. The molecule has 0 aromatic rings. The molecular weight excluding hydrogens is 238 g/mol. The first-order valence-corrected chi connectivity index (χ1v) is 5.22. The number of carbonyl (C=O) groups is 2. The number of ether oxygens (including phenoxy) is 1. The van der Waals surface area contributed by atoms with Gasteiger partial charge < -0.3 is 19.8 Å². The van der Waals surface area contributed by atoms with Gasteiger partial charge in [-0.3, -0.25) is 4.79 Å². The fourth-order valence-corrected chi connectivity index (χ4v) is 0.567. The average Bonchev–Trinajstić information content (AvgIpc) is 2.34. The van der Waals surface area contributed by atoms with Crippen LogP contribution in [0.5, 0.6) is 0 Å². The molecule has 0 aliphatic carbocycles. The van der Waals surface area contributed by atoms with Gasteiger partial charge in [-0.05, 0) is 13.0 Å². The molecule has 0 heterocycles. The number of esters is 1. The predicted molar refractivity (Wildman–Crippen MR) is 67.8 cm³/mol. The Morgan fingerprint density at radius 3 is 1.94 bits per heavy atom. The van der Waals surface area contributed by atoms with Gasteiger partial charge in [0.2, 0.25) is 5.91 Å². The number of aliphatic hydroxyl groups is 2. The monoisotopic (exact) mass is 259 g/mol. The van der Waals surface area contributed by atoms with Gasteiger partial charge in [0.15, 0.2) is 0 Å². The number of carbonyl (C=O) groups excluding carboxylic acids is 2. The Morgan fingerprint density at radius 2 is 1.78 bits per heavy atom. The summed E-state index contributed by atoms with van der Waals surface area (Å²) in [6.45, 7) is 7.36. The maximum absolute atomic E-state index is 10.7. The van der Waals surface area contributed by atoms with Crippen molar-refractivity contribution < 1.29 is 24.5 Å². The number of likely N-dealkylation sites (N-methyl/N-ethyl adjacent to an activating group) is 1. The minimum Gasteiger partial charge on any atom is -0.454 e. The maximum Gasteiger partial charge on any atom is 0.333 e. The van der Waals surface area contributed by atoms with Crippen molar-refractivity contribution in [2.45, 2.75) is 13.0 Å². The second-order valence-corrected chi connectivity index (χ2v) is 3.61. The second kappa shape index (κ2) is 10.5. The molecule has 2 N–H and O–H groups in total. The predicted octanol–water partition coefficient (Wildman–Crippen LogP) is -0.281. The van der Waals surface area contributed by atoms with E-state index in [4.69, 9.17) is 10.2 Å². The van der Waals surface area contributed by atoms with Crippen LogP contribution in [0.1, 0.15) is 6.92 Å². The van der Waals surface area contributed by atoms with Crippen LogP contribution in [0.3, 0.4) is 0 Å². The number of rotatable bonds is 5. The van der Waals surface area contributed by atoms with Crippen LogP contribution in [0.4, 0.5) is 0 Å². The molecule has 6 nitrogen and oxygen atoms in total. The van der Waals surface area contributed by atoms with Gasteiger partial charge in [-0.25, -0.2) is 4.79 Å². The molecular formula is C12H21NO5. The van der Waals surface area contributed by atoms with Crippen LogP contribution in [-0.2, 0) is 14.3 Å². The molecule has 104 valence electrons. The lowest BCUT2D eigenvalue weighted by Crippen LogP contribution is -2.25. The minimum atomic E-state index is -0.834. The third-order valence-corrected chi connectivity index (χ3v) is 1.64. The van der Waals surface area contributed by atoms with E-state index in [0.717, 1.165) is 0 Å². The molecule has 0 aliphatic rings. The van der Waals surface area contributed by atoms with E-state index < -0.39 is 12.1 Å². The molecule has 0 aliphatic heterocycles. The second-order valence-electron chi connectivity index (χ2n) is 3.61. The maximum atomic E-state index is 10.7. The molecule has 0 saturated carbocycles. The average molecular weight is 259 g/mol. The number of nitrogens with zero attached hydrogens (tertiary/aromatic N) is 1. The molecule has 0 spiro atoms. The zero-order valence-corrected chi connectivity index (χ0v) is 11.0. The summed E-state index contributed by atoms with van der Waals surface area (Å²) in [7, 11) is 3.37. The molecule has 0 bridgehead atoms. The summed E-state index contributed by atoms with van der Waals surface area (Å²) in [6, 6.07) is 0. The summed E-state index contributed by atoms with van der Waals surface area (Å²) in [6.07, 6.45) is 0.444.